The lowest BCUT2D eigenvalue weighted by Gasteiger charge is -1.75. The summed E-state index contributed by atoms with van der Waals surface area (Å²) < 4.78 is 39.3. The first-order valence-electron chi connectivity index (χ1n) is 2.52. The fourth-order valence-corrected chi connectivity index (χ4v) is 0. The summed E-state index contributed by atoms with van der Waals surface area (Å²) in [6.07, 6.45) is 0. The smallest absolute Gasteiger partial charge is 0.225 e. The molecule has 0 saturated heterocycles. The second-order valence-corrected chi connectivity index (χ2v) is 1.94. The zero-order valence-electron chi connectivity index (χ0n) is 5.80. The Morgan fingerprint density at radius 3 is 2.67 bits per heavy atom. The van der Waals surface area contributed by atoms with Gasteiger partial charge in [-0.05, 0) is 0 Å². The number of rotatable bonds is 1. The summed E-state index contributed by atoms with van der Waals surface area (Å²) in [6.45, 7) is -1.10. The highest BCUT2D eigenvalue weighted by atomic mass is 32.2. The molecule has 0 bridgehead atoms. The van der Waals surface area contributed by atoms with E-state index in [-0.39, 0.29) is 0 Å². The number of primary sulfonamides is 1. The molecule has 0 atom stereocenters. The largest absolute Gasteiger partial charge is 0.230 e. The summed E-state index contributed by atoms with van der Waals surface area (Å²) in [5.41, 5.74) is 0. The van der Waals surface area contributed by atoms with E-state index in [1.807, 2.05) is 0 Å². The number of hydrogen-bond donors (Lipinski definition) is 1. The SMILES string of the molecule is [2H]C([2H])=C([2H])S(N)(=O)=O. The van der Waals surface area contributed by atoms with Crippen molar-refractivity contribution in [3.05, 3.63) is 11.9 Å². The molecule has 4 heteroatoms. The van der Waals surface area contributed by atoms with Crippen LogP contribution < -0.4 is 5.14 Å². The van der Waals surface area contributed by atoms with Crippen molar-refractivity contribution in [1.29, 1.82) is 0 Å². The van der Waals surface area contributed by atoms with Crippen LogP contribution in [-0.4, -0.2) is 8.42 Å². The van der Waals surface area contributed by atoms with Crippen molar-refractivity contribution in [2.75, 3.05) is 0 Å². The summed E-state index contributed by atoms with van der Waals surface area (Å²) in [5.74, 6) is 0. The zero-order valence-corrected chi connectivity index (χ0v) is 3.62. The highest BCUT2D eigenvalue weighted by molar-refractivity contribution is 7.92. The predicted molar refractivity (Wildman–Crippen MR) is 23.3 cm³/mol. The van der Waals surface area contributed by atoms with Crippen LogP contribution in [0.4, 0.5) is 0 Å². The lowest BCUT2D eigenvalue weighted by atomic mass is 11.3. The highest BCUT2D eigenvalue weighted by Crippen LogP contribution is 1.69. The molecule has 0 aliphatic carbocycles. The van der Waals surface area contributed by atoms with Crippen LogP contribution >= 0.6 is 0 Å². The molecule has 0 fully saturated rings. The van der Waals surface area contributed by atoms with Crippen LogP contribution in [0.5, 0.6) is 0 Å². The molecule has 0 aliphatic heterocycles. The maximum atomic E-state index is 10.1. The predicted octanol–water partition coefficient (Wildman–Crippen LogP) is -0.582. The van der Waals surface area contributed by atoms with Gasteiger partial charge in [0.25, 0.3) is 0 Å². The first kappa shape index (κ1) is 2.09. The Hall–Kier alpha value is -0.350. The molecule has 0 amide bonds. The van der Waals surface area contributed by atoms with Crippen molar-refractivity contribution in [3.63, 3.8) is 0 Å². The van der Waals surface area contributed by atoms with E-state index in [1.165, 1.54) is 0 Å². The van der Waals surface area contributed by atoms with Crippen LogP contribution in [0, 0.1) is 0 Å². The number of hydrogen-bond acceptors (Lipinski definition) is 2. The van der Waals surface area contributed by atoms with E-state index in [4.69, 9.17) is 4.11 Å². The van der Waals surface area contributed by atoms with Gasteiger partial charge in [-0.15, -0.1) is 0 Å². The Bertz CT molecular complexity index is 226. The first-order valence-corrected chi connectivity index (χ1v) is 2.57. The molecule has 2 N–H and O–H groups in total. The third-order valence-corrected chi connectivity index (χ3v) is 0.427. The van der Waals surface area contributed by atoms with Crippen LogP contribution in [0.15, 0.2) is 11.9 Å². The molecular formula is C2H5NO2S. The highest BCUT2D eigenvalue weighted by Gasteiger charge is 1.85. The summed E-state index contributed by atoms with van der Waals surface area (Å²) >= 11 is 0. The Morgan fingerprint density at radius 2 is 2.67 bits per heavy atom. The van der Waals surface area contributed by atoms with Gasteiger partial charge in [0.05, 0.1) is 4.11 Å². The van der Waals surface area contributed by atoms with Gasteiger partial charge in [0.1, 0.15) is 0 Å². The molecule has 0 saturated carbocycles. The number of sulfonamides is 1. The van der Waals surface area contributed by atoms with Gasteiger partial charge in [0.2, 0.25) is 10.0 Å². The van der Waals surface area contributed by atoms with Crippen molar-refractivity contribution in [3.8, 4) is 0 Å². The van der Waals surface area contributed by atoms with Gasteiger partial charge in [-0.25, -0.2) is 13.6 Å². The molecule has 36 valence electrons. The fourth-order valence-electron chi connectivity index (χ4n) is 0. The molecule has 0 rings (SSSR count). The third-order valence-electron chi connectivity index (χ3n) is 0.142. The van der Waals surface area contributed by atoms with Crippen molar-refractivity contribution in [1.82, 2.24) is 0 Å². The Labute approximate surface area is 40.7 Å². The summed E-state index contributed by atoms with van der Waals surface area (Å²) in [7, 11) is -4.13. The average molecular weight is 110 g/mol. The Balaban J connectivity index is 4.86. The Kier molecular flexibility index (Phi) is 0.487. The van der Waals surface area contributed by atoms with E-state index in [9.17, 15) is 8.42 Å². The minimum absolute atomic E-state index is 1.10. The lowest BCUT2D eigenvalue weighted by molar-refractivity contribution is 0.606. The van der Waals surface area contributed by atoms with Crippen molar-refractivity contribution < 1.29 is 12.5 Å². The normalized spacial score (nSPS) is 17.2. The summed E-state index contributed by atoms with van der Waals surface area (Å²) in [5, 5.41) is 3.20. The second kappa shape index (κ2) is 1.40. The van der Waals surface area contributed by atoms with Gasteiger partial charge in [-0.3, -0.25) is 0 Å². The Morgan fingerprint density at radius 1 is 2.17 bits per heavy atom. The van der Waals surface area contributed by atoms with Gasteiger partial charge in [-0.1, -0.05) is 6.53 Å². The average Bonchev–Trinajstić information content (AvgIpc) is 1.62. The molecule has 0 aromatic rings. The van der Waals surface area contributed by atoms with Gasteiger partial charge in [0, 0.05) is 5.38 Å². The number of nitrogens with two attached hydrogens (primary N) is 1. The molecule has 0 unspecified atom stereocenters. The molecule has 0 aromatic carbocycles. The van der Waals surface area contributed by atoms with Crippen molar-refractivity contribution in [2.45, 2.75) is 0 Å². The third kappa shape index (κ3) is 3.65. The van der Waals surface area contributed by atoms with Gasteiger partial charge in [0.15, 0.2) is 0 Å². The van der Waals surface area contributed by atoms with Crippen LogP contribution in [-0.2, 0) is 10.0 Å². The minimum atomic E-state index is -4.13. The monoisotopic (exact) mass is 110 g/mol. The molecule has 0 radical (unpaired) electrons. The van der Waals surface area contributed by atoms with Crippen LogP contribution in [0.3, 0.4) is 0 Å². The molecule has 0 heterocycles. The fraction of sp³-hybridized carbons (Fsp3) is 0. The maximum Gasteiger partial charge on any atom is 0.230 e. The van der Waals surface area contributed by atoms with Crippen LogP contribution in [0.25, 0.3) is 0 Å². The second-order valence-electron chi connectivity index (χ2n) is 0.647. The van der Waals surface area contributed by atoms with Crippen molar-refractivity contribution in [2.24, 2.45) is 5.14 Å². The quantitative estimate of drug-likeness (QED) is 0.491. The lowest BCUT2D eigenvalue weighted by Crippen LogP contribution is -2.05. The van der Waals surface area contributed by atoms with Crippen LogP contribution in [0.2, 0.25) is 0 Å². The van der Waals surface area contributed by atoms with E-state index in [0.29, 0.717) is 0 Å². The maximum absolute atomic E-state index is 10.1. The van der Waals surface area contributed by atoms with E-state index in [1.54, 1.807) is 0 Å². The first-order chi connectivity index (χ1) is 3.85. The molecule has 3 nitrogen and oxygen atoms in total. The summed E-state index contributed by atoms with van der Waals surface area (Å²) in [4.78, 5) is 0. The molecular weight excluding hydrogens is 102 g/mol. The van der Waals surface area contributed by atoms with E-state index in [0.717, 1.165) is 0 Å². The topological polar surface area (TPSA) is 60.2 Å². The van der Waals surface area contributed by atoms with Crippen LogP contribution in [0.1, 0.15) is 4.11 Å². The van der Waals surface area contributed by atoms with E-state index < -0.39 is 21.9 Å². The zero-order chi connectivity index (χ0) is 7.65. The van der Waals surface area contributed by atoms with Gasteiger partial charge < -0.3 is 0 Å². The standard InChI is InChI=1S/C2H5NO2S/c1-2-6(3,4)5/h2H,1H2,(H2,3,4,5)/i1D2,2D. The molecule has 0 spiro atoms. The molecule has 0 aliphatic rings. The summed E-state index contributed by atoms with van der Waals surface area (Å²) in [6, 6.07) is 0. The van der Waals surface area contributed by atoms with Gasteiger partial charge >= 0.3 is 0 Å². The van der Waals surface area contributed by atoms with Crippen molar-refractivity contribution >= 4 is 10.0 Å². The van der Waals surface area contributed by atoms with Gasteiger partial charge in [-0.2, -0.15) is 0 Å². The molecule has 6 heavy (non-hydrogen) atoms. The van der Waals surface area contributed by atoms with E-state index in [2.05, 4.69) is 5.14 Å². The van der Waals surface area contributed by atoms with E-state index >= 15 is 0 Å². The molecule has 0 aromatic heterocycles. The minimum Gasteiger partial charge on any atom is -0.225 e.